The van der Waals surface area contributed by atoms with Gasteiger partial charge in [-0.05, 0) is 47.5 Å². The van der Waals surface area contributed by atoms with Gasteiger partial charge in [0.1, 0.15) is 0 Å². The van der Waals surface area contributed by atoms with E-state index in [4.69, 9.17) is 34.8 Å². The summed E-state index contributed by atoms with van der Waals surface area (Å²) >= 11 is 19.5. The SMILES string of the molecule is O=C(/C=C/c1cc(C(F)(F)F)ccc1Cl)Nc1ncc(Cc2c(Cl)cccc2Cl)s1. The first-order chi connectivity index (χ1) is 14.1. The summed E-state index contributed by atoms with van der Waals surface area (Å²) in [7, 11) is 0. The van der Waals surface area contributed by atoms with Crippen molar-refractivity contribution in [3.8, 4) is 0 Å². The van der Waals surface area contributed by atoms with E-state index in [1.165, 1.54) is 17.4 Å². The van der Waals surface area contributed by atoms with Gasteiger partial charge in [0.25, 0.3) is 0 Å². The van der Waals surface area contributed by atoms with E-state index >= 15 is 0 Å². The van der Waals surface area contributed by atoms with E-state index in [9.17, 15) is 18.0 Å². The van der Waals surface area contributed by atoms with Crippen LogP contribution in [0, 0.1) is 0 Å². The number of nitrogens with zero attached hydrogens (tertiary/aromatic N) is 1. The van der Waals surface area contributed by atoms with E-state index in [0.29, 0.717) is 21.6 Å². The molecule has 3 nitrogen and oxygen atoms in total. The number of halogens is 6. The van der Waals surface area contributed by atoms with E-state index in [1.807, 2.05) is 0 Å². The Hall–Kier alpha value is -2.06. The Balaban J connectivity index is 1.68. The van der Waals surface area contributed by atoms with E-state index in [0.717, 1.165) is 34.7 Å². The van der Waals surface area contributed by atoms with Crippen LogP contribution in [0.1, 0.15) is 21.6 Å². The maximum atomic E-state index is 12.8. The van der Waals surface area contributed by atoms with Crippen molar-refractivity contribution in [2.75, 3.05) is 5.32 Å². The molecule has 0 bridgehead atoms. The minimum absolute atomic E-state index is 0.0785. The quantitative estimate of drug-likeness (QED) is 0.379. The summed E-state index contributed by atoms with van der Waals surface area (Å²) in [6.07, 6.45) is -0.162. The van der Waals surface area contributed by atoms with Crippen LogP contribution in [0.15, 0.2) is 48.7 Å². The van der Waals surface area contributed by atoms with Crippen molar-refractivity contribution in [3.05, 3.63) is 85.3 Å². The number of hydrogen-bond acceptors (Lipinski definition) is 3. The second kappa shape index (κ2) is 9.39. The highest BCUT2D eigenvalue weighted by atomic mass is 35.5. The molecule has 0 aliphatic carbocycles. The standard InChI is InChI=1S/C20H12Cl3F3N2OS/c21-15-6-5-12(20(24,25)26)8-11(15)4-7-18(29)28-19-27-10-13(30-19)9-14-16(22)2-1-3-17(14)23/h1-8,10H,9H2,(H,27,28,29)/b7-4+. The molecule has 1 aromatic heterocycles. The summed E-state index contributed by atoms with van der Waals surface area (Å²) in [5, 5.41) is 4.05. The molecule has 0 atom stereocenters. The molecule has 0 aliphatic heterocycles. The Kier molecular flexibility index (Phi) is 7.08. The van der Waals surface area contributed by atoms with Crippen molar-refractivity contribution < 1.29 is 18.0 Å². The smallest absolute Gasteiger partial charge is 0.298 e. The molecule has 2 aromatic carbocycles. The third kappa shape index (κ3) is 5.76. The second-order valence-electron chi connectivity index (χ2n) is 6.07. The van der Waals surface area contributed by atoms with Gasteiger partial charge >= 0.3 is 6.18 Å². The van der Waals surface area contributed by atoms with Gasteiger partial charge in [0.15, 0.2) is 5.13 Å². The Morgan fingerprint density at radius 2 is 1.80 bits per heavy atom. The van der Waals surface area contributed by atoms with Gasteiger partial charge in [-0.25, -0.2) is 4.98 Å². The van der Waals surface area contributed by atoms with Crippen molar-refractivity contribution in [1.29, 1.82) is 0 Å². The maximum absolute atomic E-state index is 12.8. The minimum Gasteiger partial charge on any atom is -0.298 e. The molecular weight excluding hydrogens is 480 g/mol. The van der Waals surface area contributed by atoms with E-state index in [1.54, 1.807) is 24.4 Å². The van der Waals surface area contributed by atoms with Crippen molar-refractivity contribution in [3.63, 3.8) is 0 Å². The topological polar surface area (TPSA) is 42.0 Å². The molecule has 1 amide bonds. The Morgan fingerprint density at radius 1 is 1.10 bits per heavy atom. The number of aromatic nitrogens is 1. The van der Waals surface area contributed by atoms with E-state index in [2.05, 4.69) is 10.3 Å². The van der Waals surface area contributed by atoms with Crippen molar-refractivity contribution in [1.82, 2.24) is 4.98 Å². The number of thiazole rings is 1. The number of anilines is 1. The highest BCUT2D eigenvalue weighted by Gasteiger charge is 2.30. The van der Waals surface area contributed by atoms with Crippen LogP contribution in [0.2, 0.25) is 15.1 Å². The largest absolute Gasteiger partial charge is 0.416 e. The van der Waals surface area contributed by atoms with Crippen LogP contribution in [0.25, 0.3) is 6.08 Å². The molecule has 0 fully saturated rings. The number of hydrogen-bond donors (Lipinski definition) is 1. The van der Waals surface area contributed by atoms with Crippen molar-refractivity contribution in [2.24, 2.45) is 0 Å². The molecule has 0 radical (unpaired) electrons. The number of carbonyl (C=O) groups is 1. The zero-order chi connectivity index (χ0) is 21.9. The number of amides is 1. The number of benzene rings is 2. The molecule has 0 aliphatic rings. The van der Waals surface area contributed by atoms with Gasteiger partial charge in [-0.3, -0.25) is 10.1 Å². The number of rotatable bonds is 5. The van der Waals surface area contributed by atoms with Crippen LogP contribution >= 0.6 is 46.1 Å². The fourth-order valence-corrected chi connectivity index (χ4v) is 4.02. The minimum atomic E-state index is -4.50. The van der Waals surface area contributed by atoms with Gasteiger partial charge < -0.3 is 0 Å². The average molecular weight is 492 g/mol. The van der Waals surface area contributed by atoms with Crippen LogP contribution in [-0.2, 0) is 17.4 Å². The second-order valence-corrected chi connectivity index (χ2v) is 8.40. The van der Waals surface area contributed by atoms with Crippen LogP contribution in [0.4, 0.5) is 18.3 Å². The van der Waals surface area contributed by atoms with Gasteiger partial charge in [0.2, 0.25) is 5.91 Å². The lowest BCUT2D eigenvalue weighted by molar-refractivity contribution is -0.137. The molecule has 0 saturated heterocycles. The summed E-state index contributed by atoms with van der Waals surface area (Å²) in [6.45, 7) is 0. The summed E-state index contributed by atoms with van der Waals surface area (Å²) in [5.74, 6) is -0.555. The fraction of sp³-hybridized carbons (Fsp3) is 0.100. The Labute approximate surface area is 189 Å². The zero-order valence-electron chi connectivity index (χ0n) is 14.9. The summed E-state index contributed by atoms with van der Waals surface area (Å²) < 4.78 is 38.5. The average Bonchev–Trinajstić information content (AvgIpc) is 3.10. The van der Waals surface area contributed by atoms with Gasteiger partial charge in [0.05, 0.1) is 5.56 Å². The molecule has 1 heterocycles. The number of carbonyl (C=O) groups excluding carboxylic acids is 1. The number of alkyl halides is 3. The van der Waals surface area contributed by atoms with Crippen LogP contribution < -0.4 is 5.32 Å². The van der Waals surface area contributed by atoms with Crippen LogP contribution in [0.5, 0.6) is 0 Å². The molecule has 3 aromatic rings. The molecule has 1 N–H and O–H groups in total. The highest BCUT2D eigenvalue weighted by Crippen LogP contribution is 2.32. The predicted molar refractivity (Wildman–Crippen MR) is 115 cm³/mol. The molecule has 30 heavy (non-hydrogen) atoms. The van der Waals surface area contributed by atoms with Crippen LogP contribution in [0.3, 0.4) is 0 Å². The van der Waals surface area contributed by atoms with Crippen LogP contribution in [-0.4, -0.2) is 10.9 Å². The third-order valence-electron chi connectivity index (χ3n) is 3.93. The first-order valence-corrected chi connectivity index (χ1v) is 10.3. The number of nitrogens with one attached hydrogen (secondary N) is 1. The van der Waals surface area contributed by atoms with E-state index in [-0.39, 0.29) is 10.6 Å². The van der Waals surface area contributed by atoms with Gasteiger partial charge in [-0.15, -0.1) is 11.3 Å². The van der Waals surface area contributed by atoms with Gasteiger partial charge in [-0.2, -0.15) is 13.2 Å². The molecule has 156 valence electrons. The molecule has 0 unspecified atom stereocenters. The lowest BCUT2D eigenvalue weighted by atomic mass is 10.1. The lowest BCUT2D eigenvalue weighted by Crippen LogP contribution is -2.07. The van der Waals surface area contributed by atoms with Gasteiger partial charge in [-0.1, -0.05) is 40.9 Å². The molecule has 3 rings (SSSR count). The van der Waals surface area contributed by atoms with E-state index < -0.39 is 17.6 Å². The normalized spacial score (nSPS) is 11.8. The zero-order valence-corrected chi connectivity index (χ0v) is 18.0. The lowest BCUT2D eigenvalue weighted by Gasteiger charge is -2.08. The highest BCUT2D eigenvalue weighted by molar-refractivity contribution is 7.15. The van der Waals surface area contributed by atoms with Crippen molar-refractivity contribution >= 4 is 63.3 Å². The fourth-order valence-electron chi connectivity index (χ4n) is 2.48. The monoisotopic (exact) mass is 490 g/mol. The predicted octanol–water partition coefficient (Wildman–Crippen LogP) is 7.36. The summed E-state index contributed by atoms with van der Waals surface area (Å²) in [6, 6.07) is 8.10. The maximum Gasteiger partial charge on any atom is 0.416 e. The first-order valence-electron chi connectivity index (χ1n) is 8.37. The molecule has 0 spiro atoms. The summed E-state index contributed by atoms with van der Waals surface area (Å²) in [5.41, 5.74) is -0.0222. The summed E-state index contributed by atoms with van der Waals surface area (Å²) in [4.78, 5) is 17.1. The molecular formula is C20H12Cl3F3N2OS. The van der Waals surface area contributed by atoms with Gasteiger partial charge in [0, 0.05) is 38.6 Å². The Morgan fingerprint density at radius 3 is 2.47 bits per heavy atom. The first kappa shape index (κ1) is 22.6. The molecule has 10 heteroatoms. The molecule has 0 saturated carbocycles. The Bertz CT molecular complexity index is 1090. The third-order valence-corrected chi connectivity index (χ3v) is 5.90. The van der Waals surface area contributed by atoms with Crippen molar-refractivity contribution in [2.45, 2.75) is 12.6 Å².